The maximum Gasteiger partial charge on any atom is 0.275 e. The number of thiazole rings is 1. The van der Waals surface area contributed by atoms with Crippen LogP contribution >= 0.6 is 11.3 Å². The number of carbonyl (C=O) groups excluding carboxylic acids is 1. The molecule has 7 heteroatoms. The van der Waals surface area contributed by atoms with Crippen LogP contribution in [-0.4, -0.2) is 29.0 Å². The second kappa shape index (κ2) is 6.97. The van der Waals surface area contributed by atoms with E-state index in [-0.39, 0.29) is 5.91 Å². The summed E-state index contributed by atoms with van der Waals surface area (Å²) in [7, 11) is 0. The molecule has 2 aromatic rings. The summed E-state index contributed by atoms with van der Waals surface area (Å²) in [6.07, 6.45) is 2.29. The molecular weight excluding hydrogens is 276 g/mol. The Kier molecular flexibility index (Phi) is 5.03. The predicted octanol–water partition coefficient (Wildman–Crippen LogP) is 1.69. The lowest BCUT2D eigenvalue weighted by atomic mass is 10.3. The third-order valence-electron chi connectivity index (χ3n) is 2.44. The highest BCUT2D eigenvalue weighted by Gasteiger charge is 2.13. The molecule has 0 aliphatic rings. The first-order chi connectivity index (χ1) is 9.74. The molecule has 0 bridgehead atoms. The molecule has 0 atom stereocenters. The molecule has 1 amide bonds. The predicted molar refractivity (Wildman–Crippen MR) is 78.2 cm³/mol. The quantitative estimate of drug-likeness (QED) is 0.845. The fourth-order valence-corrected chi connectivity index (χ4v) is 2.37. The van der Waals surface area contributed by atoms with Crippen LogP contribution < -0.4 is 15.8 Å². The van der Waals surface area contributed by atoms with E-state index in [2.05, 4.69) is 15.3 Å². The van der Waals surface area contributed by atoms with Crippen LogP contribution in [0, 0.1) is 0 Å². The summed E-state index contributed by atoms with van der Waals surface area (Å²) in [4.78, 5) is 20.4. The first-order valence-electron chi connectivity index (χ1n) is 6.28. The van der Waals surface area contributed by atoms with Gasteiger partial charge in [0.15, 0.2) is 0 Å². The smallest absolute Gasteiger partial charge is 0.275 e. The zero-order valence-corrected chi connectivity index (χ0v) is 11.9. The van der Waals surface area contributed by atoms with Crippen LogP contribution in [0.5, 0.6) is 5.88 Å². The van der Waals surface area contributed by atoms with E-state index in [0.29, 0.717) is 36.8 Å². The lowest BCUT2D eigenvalue weighted by Gasteiger charge is -2.08. The molecule has 0 saturated carbocycles. The Balaban J connectivity index is 2.10. The zero-order chi connectivity index (χ0) is 14.4. The molecule has 6 nitrogen and oxygen atoms in total. The highest BCUT2D eigenvalue weighted by atomic mass is 32.1. The van der Waals surface area contributed by atoms with Crippen LogP contribution in [0.4, 0.5) is 5.69 Å². The van der Waals surface area contributed by atoms with Crippen molar-refractivity contribution in [1.82, 2.24) is 9.97 Å². The topological polar surface area (TPSA) is 90.1 Å². The Labute approximate surface area is 121 Å². The Morgan fingerprint density at radius 2 is 2.40 bits per heavy atom. The minimum absolute atomic E-state index is 0.279. The molecule has 0 aliphatic carbocycles. The largest absolute Gasteiger partial charge is 0.476 e. The second-order valence-electron chi connectivity index (χ2n) is 3.91. The van der Waals surface area contributed by atoms with Gasteiger partial charge in [-0.25, -0.2) is 9.97 Å². The molecular formula is C13H16N4O2S. The maximum atomic E-state index is 12.1. The van der Waals surface area contributed by atoms with Gasteiger partial charge in [0.2, 0.25) is 5.88 Å². The van der Waals surface area contributed by atoms with Gasteiger partial charge in [-0.15, -0.1) is 11.3 Å². The van der Waals surface area contributed by atoms with Crippen molar-refractivity contribution in [3.8, 4) is 5.88 Å². The highest BCUT2D eigenvalue weighted by molar-refractivity contribution is 7.09. The number of rotatable bonds is 6. The number of hydrogen-bond donors (Lipinski definition) is 2. The van der Waals surface area contributed by atoms with Gasteiger partial charge in [-0.2, -0.15) is 0 Å². The number of aromatic nitrogens is 2. The molecule has 0 aromatic carbocycles. The van der Waals surface area contributed by atoms with Gasteiger partial charge in [0, 0.05) is 18.0 Å². The Bertz CT molecular complexity index is 585. The summed E-state index contributed by atoms with van der Waals surface area (Å²) in [6, 6.07) is 3.47. The molecule has 3 N–H and O–H groups in total. The third-order valence-corrected chi connectivity index (χ3v) is 3.35. The highest BCUT2D eigenvalue weighted by Crippen LogP contribution is 2.21. The van der Waals surface area contributed by atoms with Crippen LogP contribution in [0.1, 0.15) is 22.4 Å². The normalized spacial score (nSPS) is 10.3. The molecule has 0 radical (unpaired) electrons. The van der Waals surface area contributed by atoms with Crippen molar-refractivity contribution in [2.75, 3.05) is 18.5 Å². The van der Waals surface area contributed by atoms with Crippen molar-refractivity contribution in [1.29, 1.82) is 0 Å². The van der Waals surface area contributed by atoms with E-state index in [9.17, 15) is 4.79 Å². The second-order valence-corrected chi connectivity index (χ2v) is 4.85. The van der Waals surface area contributed by atoms with E-state index in [0.717, 1.165) is 5.01 Å². The summed E-state index contributed by atoms with van der Waals surface area (Å²) in [5, 5.41) is 5.33. The zero-order valence-electron chi connectivity index (χ0n) is 11.1. The van der Waals surface area contributed by atoms with Crippen molar-refractivity contribution >= 4 is 22.9 Å². The molecule has 0 fully saturated rings. The van der Waals surface area contributed by atoms with Crippen LogP contribution in [0.15, 0.2) is 23.7 Å². The number of pyridine rings is 1. The van der Waals surface area contributed by atoms with Crippen LogP contribution in [0.2, 0.25) is 0 Å². The molecule has 0 spiro atoms. The van der Waals surface area contributed by atoms with Gasteiger partial charge in [-0.1, -0.05) is 0 Å². The van der Waals surface area contributed by atoms with Crippen molar-refractivity contribution in [3.63, 3.8) is 0 Å². The number of hydrogen-bond acceptors (Lipinski definition) is 6. The van der Waals surface area contributed by atoms with Crippen LogP contribution in [0.3, 0.4) is 0 Å². The summed E-state index contributed by atoms with van der Waals surface area (Å²) in [5.41, 5.74) is 6.38. The standard InChI is InChI=1S/C13H16N4O2S/c1-2-19-13-9(4-3-7-15-13)17-12(18)10-8-20-11(16-10)5-6-14/h3-4,7-8H,2,5-6,14H2,1H3,(H,17,18). The molecule has 2 heterocycles. The lowest BCUT2D eigenvalue weighted by molar-refractivity contribution is 0.102. The first kappa shape index (κ1) is 14.4. The molecule has 0 saturated heterocycles. The number of nitrogens with two attached hydrogens (primary N) is 1. The first-order valence-corrected chi connectivity index (χ1v) is 7.16. The molecule has 106 valence electrons. The fraction of sp³-hybridized carbons (Fsp3) is 0.308. The molecule has 0 unspecified atom stereocenters. The number of nitrogens with zero attached hydrogens (tertiary/aromatic N) is 2. The van der Waals surface area contributed by atoms with Gasteiger partial charge in [-0.05, 0) is 25.6 Å². The van der Waals surface area contributed by atoms with Crippen molar-refractivity contribution in [3.05, 3.63) is 34.4 Å². The average Bonchev–Trinajstić information content (AvgIpc) is 2.90. The van der Waals surface area contributed by atoms with Gasteiger partial charge >= 0.3 is 0 Å². The Morgan fingerprint density at radius 3 is 3.15 bits per heavy atom. The summed E-state index contributed by atoms with van der Waals surface area (Å²) < 4.78 is 5.36. The fourth-order valence-electron chi connectivity index (χ4n) is 1.58. The monoisotopic (exact) mass is 292 g/mol. The van der Waals surface area contributed by atoms with Gasteiger partial charge < -0.3 is 15.8 Å². The maximum absolute atomic E-state index is 12.1. The van der Waals surface area contributed by atoms with E-state index in [1.165, 1.54) is 11.3 Å². The Hall–Kier alpha value is -1.99. The number of amides is 1. The number of carbonyl (C=O) groups is 1. The van der Waals surface area contributed by atoms with Crippen LogP contribution in [0.25, 0.3) is 0 Å². The van der Waals surface area contributed by atoms with Gasteiger partial charge in [0.05, 0.1) is 11.6 Å². The van der Waals surface area contributed by atoms with E-state index < -0.39 is 0 Å². The lowest BCUT2D eigenvalue weighted by Crippen LogP contribution is -2.14. The van der Waals surface area contributed by atoms with E-state index in [4.69, 9.17) is 10.5 Å². The van der Waals surface area contributed by atoms with Gasteiger partial charge in [0.1, 0.15) is 11.4 Å². The molecule has 2 rings (SSSR count). The summed E-state index contributed by atoms with van der Waals surface area (Å²) >= 11 is 1.43. The minimum atomic E-state index is -0.279. The average molecular weight is 292 g/mol. The van der Waals surface area contributed by atoms with Crippen molar-refractivity contribution < 1.29 is 9.53 Å². The van der Waals surface area contributed by atoms with Crippen LogP contribution in [-0.2, 0) is 6.42 Å². The number of nitrogens with one attached hydrogen (secondary N) is 1. The number of anilines is 1. The number of ether oxygens (including phenoxy) is 1. The third kappa shape index (κ3) is 3.52. The van der Waals surface area contributed by atoms with Crippen molar-refractivity contribution in [2.24, 2.45) is 5.73 Å². The van der Waals surface area contributed by atoms with Crippen molar-refractivity contribution in [2.45, 2.75) is 13.3 Å². The molecule has 20 heavy (non-hydrogen) atoms. The van der Waals surface area contributed by atoms with Gasteiger partial charge in [0.25, 0.3) is 5.91 Å². The SMILES string of the molecule is CCOc1ncccc1NC(=O)c1csc(CCN)n1. The van der Waals surface area contributed by atoms with E-state index in [1.807, 2.05) is 6.92 Å². The molecule has 2 aromatic heterocycles. The summed E-state index contributed by atoms with van der Waals surface area (Å²) in [5.74, 6) is 0.124. The Morgan fingerprint density at radius 1 is 1.55 bits per heavy atom. The van der Waals surface area contributed by atoms with E-state index >= 15 is 0 Å². The van der Waals surface area contributed by atoms with E-state index in [1.54, 1.807) is 23.7 Å². The summed E-state index contributed by atoms with van der Waals surface area (Å²) in [6.45, 7) is 2.86. The molecule has 0 aliphatic heterocycles. The minimum Gasteiger partial charge on any atom is -0.476 e. The van der Waals surface area contributed by atoms with Gasteiger partial charge in [-0.3, -0.25) is 4.79 Å².